The van der Waals surface area contributed by atoms with Crippen molar-refractivity contribution in [2.75, 3.05) is 4.90 Å². The van der Waals surface area contributed by atoms with Crippen molar-refractivity contribution in [3.63, 3.8) is 0 Å². The lowest BCUT2D eigenvalue weighted by atomic mass is 9.91. The third kappa shape index (κ3) is 5.02. The molecule has 7 rings (SSSR count). The van der Waals surface area contributed by atoms with Crippen molar-refractivity contribution in [1.29, 1.82) is 0 Å². The molecule has 0 aliphatic carbocycles. The van der Waals surface area contributed by atoms with Crippen molar-refractivity contribution in [3.05, 3.63) is 176 Å². The molecule has 0 saturated heterocycles. The zero-order valence-corrected chi connectivity index (χ0v) is 22.7. The Labute approximate surface area is 241 Å². The van der Waals surface area contributed by atoms with E-state index < -0.39 is 0 Å². The molecule has 0 N–H and O–H groups in total. The molecule has 0 aliphatic rings. The van der Waals surface area contributed by atoms with Gasteiger partial charge in [-0.2, -0.15) is 0 Å². The highest BCUT2D eigenvalue weighted by atomic mass is 15.1. The van der Waals surface area contributed by atoms with Crippen molar-refractivity contribution in [2.24, 2.45) is 0 Å². The van der Waals surface area contributed by atoms with Crippen LogP contribution < -0.4 is 4.90 Å². The van der Waals surface area contributed by atoms with E-state index in [2.05, 4.69) is 181 Å². The Bertz CT molecular complexity index is 1890. The second kappa shape index (κ2) is 11.0. The molecule has 0 atom stereocenters. The Hall–Kier alpha value is -5.40. The Balaban J connectivity index is 1.30. The molecule has 0 saturated carbocycles. The number of nitrogens with zero attached hydrogens (tertiary/aromatic N) is 1. The number of fused-ring (bicyclic) bond motifs is 1. The summed E-state index contributed by atoms with van der Waals surface area (Å²) in [5.41, 5.74) is 10.7. The largest absolute Gasteiger partial charge is 0.311 e. The Morgan fingerprint density at radius 1 is 0.268 bits per heavy atom. The first-order valence-corrected chi connectivity index (χ1v) is 14.0. The molecule has 0 amide bonds. The van der Waals surface area contributed by atoms with Gasteiger partial charge in [-0.15, -0.1) is 0 Å². The first kappa shape index (κ1) is 24.6. The third-order valence-corrected chi connectivity index (χ3v) is 7.65. The zero-order valence-electron chi connectivity index (χ0n) is 22.7. The molecule has 1 heteroatoms. The maximum atomic E-state index is 2.32. The quantitative estimate of drug-likeness (QED) is 0.209. The lowest BCUT2D eigenvalue weighted by molar-refractivity contribution is 1.28. The van der Waals surface area contributed by atoms with Crippen LogP contribution >= 0.6 is 0 Å². The van der Waals surface area contributed by atoms with E-state index in [1.165, 1.54) is 44.2 Å². The van der Waals surface area contributed by atoms with E-state index in [4.69, 9.17) is 0 Å². The van der Waals surface area contributed by atoms with Gasteiger partial charge in [-0.3, -0.25) is 0 Å². The number of rotatable bonds is 6. The summed E-state index contributed by atoms with van der Waals surface area (Å²) in [7, 11) is 0. The van der Waals surface area contributed by atoms with Gasteiger partial charge in [0.15, 0.2) is 0 Å². The predicted octanol–water partition coefficient (Wildman–Crippen LogP) is 11.3. The molecule has 0 bridgehead atoms. The number of hydrogen-bond acceptors (Lipinski definition) is 1. The van der Waals surface area contributed by atoms with Crippen LogP contribution in [-0.4, -0.2) is 0 Å². The number of anilines is 3. The van der Waals surface area contributed by atoms with Crippen molar-refractivity contribution in [1.82, 2.24) is 0 Å². The van der Waals surface area contributed by atoms with Gasteiger partial charge in [0.05, 0.1) is 0 Å². The second-order valence-electron chi connectivity index (χ2n) is 10.2. The fraction of sp³-hybridized carbons (Fsp3) is 0. The van der Waals surface area contributed by atoms with Gasteiger partial charge in [0.2, 0.25) is 0 Å². The standard InChI is InChI=1S/C40H29N/c1-4-12-30(13-5-1)31-20-24-37(25-21-31)41(36-18-8-3-9-19-36)38-26-22-33(23-27-38)40-29-35-17-11-10-16-34(35)28-39(40)32-14-6-2-7-15-32/h1-29H. The molecule has 0 aliphatic heterocycles. The number of para-hydroxylation sites is 1. The van der Waals surface area contributed by atoms with E-state index in [0.717, 1.165) is 17.1 Å². The summed E-state index contributed by atoms with van der Waals surface area (Å²) >= 11 is 0. The third-order valence-electron chi connectivity index (χ3n) is 7.65. The minimum Gasteiger partial charge on any atom is -0.311 e. The van der Waals surface area contributed by atoms with Crippen molar-refractivity contribution >= 4 is 27.8 Å². The van der Waals surface area contributed by atoms with Gasteiger partial charge in [0, 0.05) is 17.1 Å². The van der Waals surface area contributed by atoms with Crippen molar-refractivity contribution in [3.8, 4) is 33.4 Å². The van der Waals surface area contributed by atoms with Gasteiger partial charge < -0.3 is 4.90 Å². The van der Waals surface area contributed by atoms with Crippen LogP contribution in [0.4, 0.5) is 17.1 Å². The maximum absolute atomic E-state index is 2.32. The predicted molar refractivity (Wildman–Crippen MR) is 175 cm³/mol. The minimum absolute atomic E-state index is 1.12. The lowest BCUT2D eigenvalue weighted by Gasteiger charge is -2.26. The molecule has 0 fully saturated rings. The van der Waals surface area contributed by atoms with Gasteiger partial charge in [0.25, 0.3) is 0 Å². The number of hydrogen-bond donors (Lipinski definition) is 0. The number of benzene rings is 7. The summed E-state index contributed by atoms with van der Waals surface area (Å²) in [5, 5.41) is 2.50. The molecule has 0 radical (unpaired) electrons. The average molecular weight is 524 g/mol. The summed E-state index contributed by atoms with van der Waals surface area (Å²) in [5.74, 6) is 0. The molecule has 194 valence electrons. The molecule has 1 nitrogen and oxygen atoms in total. The highest BCUT2D eigenvalue weighted by molar-refractivity contribution is 5.96. The Morgan fingerprint density at radius 2 is 0.610 bits per heavy atom. The van der Waals surface area contributed by atoms with Crippen molar-refractivity contribution in [2.45, 2.75) is 0 Å². The molecule has 0 spiro atoms. The smallest absolute Gasteiger partial charge is 0.0462 e. The van der Waals surface area contributed by atoms with E-state index in [1.807, 2.05) is 0 Å². The normalized spacial score (nSPS) is 10.9. The summed E-state index contributed by atoms with van der Waals surface area (Å²) < 4.78 is 0. The van der Waals surface area contributed by atoms with Crippen LogP contribution in [0.25, 0.3) is 44.2 Å². The highest BCUT2D eigenvalue weighted by Gasteiger charge is 2.14. The summed E-state index contributed by atoms with van der Waals surface area (Å²) in [6, 6.07) is 62.8. The summed E-state index contributed by atoms with van der Waals surface area (Å²) in [6.45, 7) is 0. The van der Waals surface area contributed by atoms with Crippen LogP contribution in [0, 0.1) is 0 Å². The average Bonchev–Trinajstić information content (AvgIpc) is 3.06. The van der Waals surface area contributed by atoms with Crippen LogP contribution in [0.2, 0.25) is 0 Å². The fourth-order valence-electron chi connectivity index (χ4n) is 5.58. The molecule has 7 aromatic rings. The molecular formula is C40H29N. The van der Waals surface area contributed by atoms with E-state index in [0.29, 0.717) is 0 Å². The molecule has 0 aromatic heterocycles. The van der Waals surface area contributed by atoms with Gasteiger partial charge in [-0.05, 0) is 92.7 Å². The molecule has 0 unspecified atom stereocenters. The van der Waals surface area contributed by atoms with Crippen LogP contribution in [0.5, 0.6) is 0 Å². The van der Waals surface area contributed by atoms with Crippen LogP contribution in [-0.2, 0) is 0 Å². The Kier molecular flexibility index (Phi) is 6.61. The van der Waals surface area contributed by atoms with Crippen LogP contribution in [0.1, 0.15) is 0 Å². The van der Waals surface area contributed by atoms with E-state index in [1.54, 1.807) is 0 Å². The van der Waals surface area contributed by atoms with Crippen LogP contribution in [0.15, 0.2) is 176 Å². The lowest BCUT2D eigenvalue weighted by Crippen LogP contribution is -2.09. The second-order valence-corrected chi connectivity index (χ2v) is 10.2. The first-order valence-electron chi connectivity index (χ1n) is 14.0. The molecule has 41 heavy (non-hydrogen) atoms. The van der Waals surface area contributed by atoms with E-state index >= 15 is 0 Å². The zero-order chi connectivity index (χ0) is 27.4. The molecular weight excluding hydrogens is 494 g/mol. The summed E-state index contributed by atoms with van der Waals surface area (Å²) in [4.78, 5) is 2.32. The maximum Gasteiger partial charge on any atom is 0.0462 e. The molecule has 7 aromatic carbocycles. The van der Waals surface area contributed by atoms with Crippen LogP contribution in [0.3, 0.4) is 0 Å². The van der Waals surface area contributed by atoms with Gasteiger partial charge in [-0.25, -0.2) is 0 Å². The Morgan fingerprint density at radius 3 is 1.12 bits per heavy atom. The first-order chi connectivity index (χ1) is 20.3. The molecule has 0 heterocycles. The van der Waals surface area contributed by atoms with Gasteiger partial charge >= 0.3 is 0 Å². The van der Waals surface area contributed by atoms with Crippen molar-refractivity contribution < 1.29 is 0 Å². The summed E-state index contributed by atoms with van der Waals surface area (Å²) in [6.07, 6.45) is 0. The fourth-order valence-corrected chi connectivity index (χ4v) is 5.58. The highest BCUT2D eigenvalue weighted by Crippen LogP contribution is 2.39. The van der Waals surface area contributed by atoms with E-state index in [9.17, 15) is 0 Å². The minimum atomic E-state index is 1.12. The van der Waals surface area contributed by atoms with Gasteiger partial charge in [0.1, 0.15) is 0 Å². The topological polar surface area (TPSA) is 3.24 Å². The SMILES string of the molecule is c1ccc(-c2ccc(N(c3ccccc3)c3ccc(-c4cc5ccccc5cc4-c4ccccc4)cc3)cc2)cc1. The monoisotopic (exact) mass is 523 g/mol. The van der Waals surface area contributed by atoms with Gasteiger partial charge in [-0.1, -0.05) is 127 Å². The van der Waals surface area contributed by atoms with E-state index in [-0.39, 0.29) is 0 Å².